The first kappa shape index (κ1) is 14.9. The van der Waals surface area contributed by atoms with Crippen LogP contribution < -0.4 is 10.6 Å². The van der Waals surface area contributed by atoms with Crippen molar-refractivity contribution in [2.75, 3.05) is 18.0 Å². The van der Waals surface area contributed by atoms with Crippen molar-refractivity contribution in [3.05, 3.63) is 29.3 Å². The van der Waals surface area contributed by atoms with E-state index < -0.39 is 0 Å². The molecule has 2 nitrogen and oxygen atoms in total. The Bertz CT molecular complexity index is 460. The molecule has 2 aliphatic rings. The summed E-state index contributed by atoms with van der Waals surface area (Å²) in [6.45, 7) is 6.95. The van der Waals surface area contributed by atoms with Crippen LogP contribution in [0.5, 0.6) is 0 Å². The summed E-state index contributed by atoms with van der Waals surface area (Å²) in [5, 5.41) is 0. The monoisotopic (exact) mass is 286 g/mol. The molecular weight excluding hydrogens is 256 g/mol. The van der Waals surface area contributed by atoms with E-state index in [4.69, 9.17) is 5.73 Å². The van der Waals surface area contributed by atoms with Gasteiger partial charge >= 0.3 is 0 Å². The summed E-state index contributed by atoms with van der Waals surface area (Å²) in [4.78, 5) is 2.64. The number of hydrogen-bond acceptors (Lipinski definition) is 2. The van der Waals surface area contributed by atoms with Gasteiger partial charge in [-0.2, -0.15) is 0 Å². The molecule has 0 amide bonds. The minimum atomic E-state index is 0.295. The molecule has 0 heterocycles. The van der Waals surface area contributed by atoms with E-state index in [-0.39, 0.29) is 0 Å². The summed E-state index contributed by atoms with van der Waals surface area (Å²) in [6, 6.07) is 7.33. The average molecular weight is 286 g/mol. The van der Waals surface area contributed by atoms with E-state index in [2.05, 4.69) is 36.9 Å². The van der Waals surface area contributed by atoms with E-state index >= 15 is 0 Å². The van der Waals surface area contributed by atoms with Gasteiger partial charge in [-0.3, -0.25) is 0 Å². The van der Waals surface area contributed by atoms with Gasteiger partial charge in [-0.05, 0) is 80.5 Å². The standard InChI is InChI=1S/C19H30N2/c1-3-18(20)11-17-8-9-19(10-14(17)2)21(12-15-4-5-15)13-16-6-7-16/h8-10,15-16,18H,3-7,11-13,20H2,1-2H3. The predicted molar refractivity (Wildman–Crippen MR) is 90.8 cm³/mol. The molecule has 2 saturated carbocycles. The van der Waals surface area contributed by atoms with Gasteiger partial charge in [-0.1, -0.05) is 13.0 Å². The molecule has 1 aromatic carbocycles. The van der Waals surface area contributed by atoms with Crippen LogP contribution in [0.25, 0.3) is 0 Å². The molecule has 0 aromatic heterocycles. The fourth-order valence-electron chi connectivity index (χ4n) is 3.04. The zero-order chi connectivity index (χ0) is 14.8. The van der Waals surface area contributed by atoms with Crippen LogP contribution in [0.4, 0.5) is 5.69 Å². The van der Waals surface area contributed by atoms with Crippen LogP contribution in [0.2, 0.25) is 0 Å². The average Bonchev–Trinajstić information content (AvgIpc) is 3.35. The number of anilines is 1. The molecule has 1 unspecified atom stereocenters. The molecule has 0 aliphatic heterocycles. The number of hydrogen-bond donors (Lipinski definition) is 1. The van der Waals surface area contributed by atoms with Gasteiger partial charge in [-0.25, -0.2) is 0 Å². The summed E-state index contributed by atoms with van der Waals surface area (Å²) in [6.07, 6.45) is 7.80. The Morgan fingerprint density at radius 2 is 1.76 bits per heavy atom. The van der Waals surface area contributed by atoms with Gasteiger partial charge in [0.1, 0.15) is 0 Å². The molecule has 2 N–H and O–H groups in total. The van der Waals surface area contributed by atoms with Crippen molar-refractivity contribution >= 4 is 5.69 Å². The maximum Gasteiger partial charge on any atom is 0.0369 e. The van der Waals surface area contributed by atoms with Gasteiger partial charge in [-0.15, -0.1) is 0 Å². The van der Waals surface area contributed by atoms with Crippen LogP contribution in [0.3, 0.4) is 0 Å². The lowest BCUT2D eigenvalue weighted by Gasteiger charge is -2.26. The molecule has 1 aromatic rings. The van der Waals surface area contributed by atoms with E-state index in [0.717, 1.165) is 24.7 Å². The Labute approximate surface area is 129 Å². The second-order valence-corrected chi connectivity index (χ2v) is 7.27. The summed E-state index contributed by atoms with van der Waals surface area (Å²) >= 11 is 0. The van der Waals surface area contributed by atoms with Crippen LogP contribution in [-0.4, -0.2) is 19.1 Å². The summed E-state index contributed by atoms with van der Waals surface area (Å²) in [7, 11) is 0. The molecule has 0 radical (unpaired) electrons. The fraction of sp³-hybridized carbons (Fsp3) is 0.684. The van der Waals surface area contributed by atoms with Crippen molar-refractivity contribution in [1.82, 2.24) is 0 Å². The third-order valence-electron chi connectivity index (χ3n) is 5.05. The number of rotatable bonds is 8. The highest BCUT2D eigenvalue weighted by Crippen LogP contribution is 2.36. The van der Waals surface area contributed by atoms with Gasteiger partial charge in [0.2, 0.25) is 0 Å². The van der Waals surface area contributed by atoms with Gasteiger partial charge in [0.05, 0.1) is 0 Å². The SMILES string of the molecule is CCC(N)Cc1ccc(N(CC2CC2)CC2CC2)cc1C. The number of nitrogens with two attached hydrogens (primary N) is 1. The van der Waals surface area contributed by atoms with E-state index in [9.17, 15) is 0 Å². The van der Waals surface area contributed by atoms with Gasteiger partial charge in [0.15, 0.2) is 0 Å². The Morgan fingerprint density at radius 1 is 1.14 bits per heavy atom. The molecule has 1 atom stereocenters. The van der Waals surface area contributed by atoms with Crippen molar-refractivity contribution < 1.29 is 0 Å². The molecule has 0 bridgehead atoms. The molecule has 0 spiro atoms. The van der Waals surface area contributed by atoms with E-state index in [1.165, 1.54) is 55.6 Å². The number of aryl methyl sites for hydroxylation is 1. The van der Waals surface area contributed by atoms with Crippen LogP contribution >= 0.6 is 0 Å². The molecule has 21 heavy (non-hydrogen) atoms. The maximum absolute atomic E-state index is 6.11. The first-order valence-corrected chi connectivity index (χ1v) is 8.75. The second-order valence-electron chi connectivity index (χ2n) is 7.27. The third kappa shape index (κ3) is 4.23. The molecular formula is C19H30N2. The van der Waals surface area contributed by atoms with Crippen LogP contribution in [0.15, 0.2) is 18.2 Å². The zero-order valence-corrected chi connectivity index (χ0v) is 13.6. The molecule has 3 rings (SSSR count). The Kier molecular flexibility index (Phi) is 4.54. The molecule has 116 valence electrons. The van der Waals surface area contributed by atoms with Crippen molar-refractivity contribution in [2.45, 2.75) is 58.4 Å². The lowest BCUT2D eigenvalue weighted by atomic mass is 9.99. The quantitative estimate of drug-likeness (QED) is 0.785. The Hall–Kier alpha value is -1.02. The van der Waals surface area contributed by atoms with Gasteiger partial charge in [0, 0.05) is 24.8 Å². The smallest absolute Gasteiger partial charge is 0.0369 e. The van der Waals surface area contributed by atoms with E-state index in [0.29, 0.717) is 6.04 Å². The first-order valence-electron chi connectivity index (χ1n) is 8.75. The predicted octanol–water partition coefficient (Wildman–Crippen LogP) is 3.90. The largest absolute Gasteiger partial charge is 0.371 e. The highest BCUT2D eigenvalue weighted by atomic mass is 15.1. The van der Waals surface area contributed by atoms with Gasteiger partial charge in [0.25, 0.3) is 0 Å². The highest BCUT2D eigenvalue weighted by molar-refractivity contribution is 5.51. The minimum absolute atomic E-state index is 0.295. The first-order chi connectivity index (χ1) is 10.2. The third-order valence-corrected chi connectivity index (χ3v) is 5.05. The van der Waals surface area contributed by atoms with E-state index in [1.807, 2.05) is 0 Å². The van der Waals surface area contributed by atoms with Crippen molar-refractivity contribution in [2.24, 2.45) is 17.6 Å². The summed E-state index contributed by atoms with van der Waals surface area (Å²) < 4.78 is 0. The maximum atomic E-state index is 6.11. The van der Waals surface area contributed by atoms with Crippen LogP contribution in [0, 0.1) is 18.8 Å². The normalized spacial score (nSPS) is 19.6. The Morgan fingerprint density at radius 3 is 2.24 bits per heavy atom. The minimum Gasteiger partial charge on any atom is -0.371 e. The number of benzene rings is 1. The molecule has 2 aliphatic carbocycles. The van der Waals surface area contributed by atoms with Crippen LogP contribution in [-0.2, 0) is 6.42 Å². The summed E-state index contributed by atoms with van der Waals surface area (Å²) in [5.41, 5.74) is 10.4. The lowest BCUT2D eigenvalue weighted by molar-refractivity contribution is 0.644. The van der Waals surface area contributed by atoms with Gasteiger partial charge < -0.3 is 10.6 Å². The molecule has 2 heteroatoms. The van der Waals surface area contributed by atoms with Crippen molar-refractivity contribution in [3.8, 4) is 0 Å². The van der Waals surface area contributed by atoms with E-state index in [1.54, 1.807) is 0 Å². The topological polar surface area (TPSA) is 29.3 Å². The highest BCUT2D eigenvalue weighted by Gasteiger charge is 2.29. The lowest BCUT2D eigenvalue weighted by Crippen LogP contribution is -2.28. The zero-order valence-electron chi connectivity index (χ0n) is 13.6. The summed E-state index contributed by atoms with van der Waals surface area (Å²) in [5.74, 6) is 1.91. The molecule has 0 saturated heterocycles. The Balaban J connectivity index is 1.70. The molecule has 2 fully saturated rings. The fourth-order valence-corrected chi connectivity index (χ4v) is 3.04. The number of nitrogens with zero attached hydrogens (tertiary/aromatic N) is 1. The second kappa shape index (κ2) is 6.39. The van der Waals surface area contributed by atoms with Crippen molar-refractivity contribution in [1.29, 1.82) is 0 Å². The van der Waals surface area contributed by atoms with Crippen LogP contribution in [0.1, 0.15) is 50.2 Å². The van der Waals surface area contributed by atoms with Crippen molar-refractivity contribution in [3.63, 3.8) is 0 Å².